The fourth-order valence-electron chi connectivity index (χ4n) is 1.46. The second-order valence-electron chi connectivity index (χ2n) is 3.23. The van der Waals surface area contributed by atoms with Gasteiger partial charge in [-0.3, -0.25) is 9.69 Å². The summed E-state index contributed by atoms with van der Waals surface area (Å²) in [5.41, 5.74) is 0. The summed E-state index contributed by atoms with van der Waals surface area (Å²) in [5, 5.41) is 0. The van der Waals surface area contributed by atoms with Crippen LogP contribution in [0.15, 0.2) is 0 Å². The molecule has 1 saturated heterocycles. The molecule has 15 heavy (non-hydrogen) atoms. The topological polar surface area (TPSA) is 38.8 Å². The summed E-state index contributed by atoms with van der Waals surface area (Å²) < 4.78 is 10.8. The minimum absolute atomic E-state index is 0.0290. The van der Waals surface area contributed by atoms with Gasteiger partial charge in [-0.15, -0.1) is 0 Å². The Morgan fingerprint density at radius 2 is 2.13 bits per heavy atom. The highest BCUT2D eigenvalue weighted by atomic mass is 32.2. The highest BCUT2D eigenvalue weighted by molar-refractivity contribution is 8.23. The number of nitrogens with zero attached hydrogens (tertiary/aromatic N) is 1. The molecular formula is C9H15NO3S2. The fourth-order valence-corrected chi connectivity index (χ4v) is 2.68. The highest BCUT2D eigenvalue weighted by Gasteiger charge is 2.32. The van der Waals surface area contributed by atoms with Crippen molar-refractivity contribution in [3.05, 3.63) is 0 Å². The van der Waals surface area contributed by atoms with Crippen molar-refractivity contribution >= 4 is 34.2 Å². The molecule has 1 amide bonds. The molecule has 1 rings (SSSR count). The number of amides is 1. The Morgan fingerprint density at radius 3 is 2.53 bits per heavy atom. The van der Waals surface area contributed by atoms with E-state index in [2.05, 4.69) is 0 Å². The molecule has 0 unspecified atom stereocenters. The second-order valence-corrected chi connectivity index (χ2v) is 4.96. The molecule has 0 spiro atoms. The van der Waals surface area contributed by atoms with Gasteiger partial charge in [0.1, 0.15) is 4.32 Å². The molecule has 1 aliphatic rings. The monoisotopic (exact) mass is 249 g/mol. The summed E-state index contributed by atoms with van der Waals surface area (Å²) in [6.45, 7) is 2.47. The first-order chi connectivity index (χ1) is 7.11. The molecule has 0 radical (unpaired) electrons. The van der Waals surface area contributed by atoms with Crippen LogP contribution in [0.25, 0.3) is 0 Å². The normalized spacial score (nSPS) is 18.7. The van der Waals surface area contributed by atoms with Crippen molar-refractivity contribution in [2.45, 2.75) is 13.2 Å². The molecule has 1 fully saturated rings. The molecule has 0 saturated carbocycles. The van der Waals surface area contributed by atoms with Crippen LogP contribution in [0.5, 0.6) is 0 Å². The summed E-state index contributed by atoms with van der Waals surface area (Å²) >= 11 is 6.61. The van der Waals surface area contributed by atoms with Crippen molar-refractivity contribution in [3.8, 4) is 0 Å². The molecule has 1 aliphatic heterocycles. The molecule has 1 atom stereocenters. The maximum atomic E-state index is 12.0. The molecule has 0 aliphatic carbocycles. The molecule has 0 aromatic carbocycles. The van der Waals surface area contributed by atoms with Crippen molar-refractivity contribution in [2.75, 3.05) is 26.5 Å². The van der Waals surface area contributed by atoms with Crippen molar-refractivity contribution in [2.24, 2.45) is 5.92 Å². The number of carbonyl (C=O) groups excluding carboxylic acids is 1. The van der Waals surface area contributed by atoms with E-state index >= 15 is 0 Å². The quantitative estimate of drug-likeness (QED) is 0.551. The lowest BCUT2D eigenvalue weighted by atomic mass is 10.1. The Balaban J connectivity index is 2.62. The number of hydrogen-bond acceptors (Lipinski definition) is 5. The third-order valence-electron chi connectivity index (χ3n) is 2.29. The van der Waals surface area contributed by atoms with E-state index in [4.69, 9.17) is 21.7 Å². The van der Waals surface area contributed by atoms with E-state index in [9.17, 15) is 4.79 Å². The largest absolute Gasteiger partial charge is 0.355 e. The highest BCUT2D eigenvalue weighted by Crippen LogP contribution is 2.21. The Morgan fingerprint density at radius 1 is 1.53 bits per heavy atom. The van der Waals surface area contributed by atoms with Crippen LogP contribution >= 0.6 is 24.0 Å². The van der Waals surface area contributed by atoms with Crippen molar-refractivity contribution < 1.29 is 14.3 Å². The number of hydrogen-bond donors (Lipinski definition) is 0. The van der Waals surface area contributed by atoms with Crippen molar-refractivity contribution in [3.63, 3.8) is 0 Å². The van der Waals surface area contributed by atoms with E-state index in [1.165, 1.54) is 26.0 Å². The summed E-state index contributed by atoms with van der Waals surface area (Å²) in [4.78, 5) is 13.6. The molecule has 0 aromatic heterocycles. The van der Waals surface area contributed by atoms with Gasteiger partial charge >= 0.3 is 0 Å². The third-order valence-corrected chi connectivity index (χ3v) is 3.72. The molecule has 0 aromatic rings. The van der Waals surface area contributed by atoms with Crippen LogP contribution in [0.1, 0.15) is 6.92 Å². The molecule has 0 bridgehead atoms. The first kappa shape index (κ1) is 12.9. The molecular weight excluding hydrogens is 234 g/mol. The summed E-state index contributed by atoms with van der Waals surface area (Å²) in [6.07, 6.45) is -0.508. The number of thiocarbonyl (C=S) groups is 1. The number of methoxy groups -OCH3 is 2. The Labute approximate surface area is 99.3 Å². The van der Waals surface area contributed by atoms with Crippen LogP contribution in [-0.4, -0.2) is 47.9 Å². The first-order valence-corrected chi connectivity index (χ1v) is 6.05. The molecule has 6 heteroatoms. The number of carbonyl (C=O) groups is 1. The Bertz CT molecular complexity index is 256. The van der Waals surface area contributed by atoms with E-state index < -0.39 is 6.29 Å². The van der Waals surface area contributed by atoms with Gasteiger partial charge in [0.05, 0.1) is 5.92 Å². The fraction of sp³-hybridized carbons (Fsp3) is 0.778. The van der Waals surface area contributed by atoms with Crippen LogP contribution in [0.3, 0.4) is 0 Å². The standard InChI is InChI=1S/C9H15NO3S2/c1-6(8(12-2)13-3)7(11)10-4-5-15-9(10)14/h6,8H,4-5H2,1-3H3/t6-/m0/s1. The van der Waals surface area contributed by atoms with Crippen molar-refractivity contribution in [1.82, 2.24) is 4.90 Å². The smallest absolute Gasteiger partial charge is 0.235 e. The molecule has 0 N–H and O–H groups in total. The van der Waals surface area contributed by atoms with Crippen LogP contribution in [0.2, 0.25) is 0 Å². The summed E-state index contributed by atoms with van der Waals surface area (Å²) in [7, 11) is 3.05. The van der Waals surface area contributed by atoms with Gasteiger partial charge in [-0.05, 0) is 6.92 Å². The lowest BCUT2D eigenvalue weighted by molar-refractivity contribution is -0.160. The van der Waals surface area contributed by atoms with Gasteiger partial charge in [-0.1, -0.05) is 24.0 Å². The predicted octanol–water partition coefficient (Wildman–Crippen LogP) is 1.10. The van der Waals surface area contributed by atoms with Gasteiger partial charge in [0.15, 0.2) is 6.29 Å². The Hall–Kier alpha value is -0.170. The van der Waals surface area contributed by atoms with Gasteiger partial charge in [-0.2, -0.15) is 0 Å². The average Bonchev–Trinajstić information content (AvgIpc) is 2.65. The van der Waals surface area contributed by atoms with Gasteiger partial charge in [0.2, 0.25) is 5.91 Å². The first-order valence-electron chi connectivity index (χ1n) is 4.65. The minimum Gasteiger partial charge on any atom is -0.355 e. The summed E-state index contributed by atoms with van der Waals surface area (Å²) in [5.74, 6) is 0.511. The van der Waals surface area contributed by atoms with Gasteiger partial charge in [-0.25, -0.2) is 0 Å². The van der Waals surface area contributed by atoms with Gasteiger partial charge < -0.3 is 9.47 Å². The van der Waals surface area contributed by atoms with E-state index in [1.807, 2.05) is 0 Å². The molecule has 4 nitrogen and oxygen atoms in total. The molecule has 1 heterocycles. The zero-order valence-electron chi connectivity index (χ0n) is 9.06. The van der Waals surface area contributed by atoms with E-state index in [0.29, 0.717) is 10.9 Å². The van der Waals surface area contributed by atoms with Crippen LogP contribution < -0.4 is 0 Å². The van der Waals surface area contributed by atoms with Gasteiger partial charge in [0.25, 0.3) is 0 Å². The molecule has 86 valence electrons. The van der Waals surface area contributed by atoms with Crippen LogP contribution in [-0.2, 0) is 14.3 Å². The maximum Gasteiger partial charge on any atom is 0.235 e. The number of rotatable bonds is 4. The number of ether oxygens (including phenoxy) is 2. The maximum absolute atomic E-state index is 12.0. The van der Waals surface area contributed by atoms with Gasteiger partial charge in [0, 0.05) is 26.5 Å². The Kier molecular flexibility index (Phi) is 4.98. The second kappa shape index (κ2) is 5.79. The zero-order valence-corrected chi connectivity index (χ0v) is 10.7. The SMILES string of the molecule is COC(OC)[C@@H](C)C(=O)N1CCSC1=S. The zero-order chi connectivity index (χ0) is 11.4. The van der Waals surface area contributed by atoms with E-state index in [1.54, 1.807) is 11.8 Å². The van der Waals surface area contributed by atoms with E-state index in [0.717, 1.165) is 5.75 Å². The van der Waals surface area contributed by atoms with E-state index in [-0.39, 0.29) is 11.8 Å². The minimum atomic E-state index is -0.508. The average molecular weight is 249 g/mol. The predicted molar refractivity (Wildman–Crippen MR) is 63.7 cm³/mol. The number of thioether (sulfide) groups is 1. The third kappa shape index (κ3) is 2.90. The lowest BCUT2D eigenvalue weighted by Crippen LogP contribution is -2.40. The van der Waals surface area contributed by atoms with Crippen LogP contribution in [0, 0.1) is 5.92 Å². The van der Waals surface area contributed by atoms with Crippen LogP contribution in [0.4, 0.5) is 0 Å². The lowest BCUT2D eigenvalue weighted by Gasteiger charge is -2.24. The summed E-state index contributed by atoms with van der Waals surface area (Å²) in [6, 6.07) is 0. The van der Waals surface area contributed by atoms with Crippen molar-refractivity contribution in [1.29, 1.82) is 0 Å².